The smallest absolute Gasteiger partial charge is 0.203 e. The summed E-state index contributed by atoms with van der Waals surface area (Å²) in [4.78, 5) is 9.03. The Kier molecular flexibility index (Phi) is 3.86. The number of fused-ring (bicyclic) bond motifs is 1. The molecule has 4 heteroatoms. The van der Waals surface area contributed by atoms with Gasteiger partial charge in [0.25, 0.3) is 0 Å². The molecule has 0 aliphatic heterocycles. The van der Waals surface area contributed by atoms with Crippen molar-refractivity contribution in [2.45, 2.75) is 26.8 Å². The molecule has 0 fully saturated rings. The average Bonchev–Trinajstić information content (AvgIpc) is 2.85. The van der Waals surface area contributed by atoms with Crippen LogP contribution in [0.4, 0.5) is 5.95 Å². The number of rotatable bonds is 5. The van der Waals surface area contributed by atoms with Gasteiger partial charge < -0.3 is 9.88 Å². The Hall–Kier alpha value is -2.36. The Balaban J connectivity index is 1.84. The van der Waals surface area contributed by atoms with Crippen LogP contribution in [-0.4, -0.2) is 21.1 Å². The third-order valence-electron chi connectivity index (χ3n) is 3.57. The number of imidazole rings is 1. The van der Waals surface area contributed by atoms with Crippen LogP contribution in [0.3, 0.4) is 0 Å². The van der Waals surface area contributed by atoms with Crippen molar-refractivity contribution in [3.63, 3.8) is 0 Å². The molecule has 0 radical (unpaired) electrons. The van der Waals surface area contributed by atoms with Crippen LogP contribution in [0, 0.1) is 6.92 Å². The van der Waals surface area contributed by atoms with Crippen LogP contribution in [-0.2, 0) is 13.0 Å². The molecule has 0 unspecified atom stereocenters. The molecule has 0 amide bonds. The van der Waals surface area contributed by atoms with E-state index in [9.17, 15) is 0 Å². The molecular formula is C17H20N4. The topological polar surface area (TPSA) is 42.7 Å². The van der Waals surface area contributed by atoms with Crippen molar-refractivity contribution in [1.29, 1.82) is 0 Å². The van der Waals surface area contributed by atoms with E-state index in [1.807, 2.05) is 19.2 Å². The van der Waals surface area contributed by atoms with Gasteiger partial charge in [0.2, 0.25) is 5.95 Å². The van der Waals surface area contributed by atoms with Crippen LogP contribution >= 0.6 is 0 Å². The van der Waals surface area contributed by atoms with Crippen LogP contribution in [0.2, 0.25) is 0 Å². The maximum atomic E-state index is 4.52. The average molecular weight is 280 g/mol. The second-order valence-corrected chi connectivity index (χ2v) is 5.17. The molecule has 0 bridgehead atoms. The highest BCUT2D eigenvalue weighted by molar-refractivity contribution is 5.81. The first kappa shape index (κ1) is 13.6. The van der Waals surface area contributed by atoms with Gasteiger partial charge in [-0.3, -0.25) is 4.98 Å². The maximum Gasteiger partial charge on any atom is 0.203 e. The Labute approximate surface area is 124 Å². The van der Waals surface area contributed by atoms with E-state index in [2.05, 4.69) is 57.2 Å². The molecule has 0 spiro atoms. The molecule has 0 aliphatic carbocycles. The molecular weight excluding hydrogens is 260 g/mol. The number of benzene rings is 1. The quantitative estimate of drug-likeness (QED) is 0.778. The largest absolute Gasteiger partial charge is 0.356 e. The molecule has 0 atom stereocenters. The van der Waals surface area contributed by atoms with Crippen molar-refractivity contribution < 1.29 is 0 Å². The van der Waals surface area contributed by atoms with Crippen LogP contribution in [0.15, 0.2) is 42.7 Å². The maximum absolute atomic E-state index is 4.52. The molecule has 2 heterocycles. The van der Waals surface area contributed by atoms with Gasteiger partial charge in [0.05, 0.1) is 11.2 Å². The Morgan fingerprint density at radius 2 is 2.05 bits per heavy atom. The Morgan fingerprint density at radius 3 is 2.90 bits per heavy atom. The standard InChI is InChI=1S/C17H20N4/c1-3-18-17-20-13(2)12-21(17)11-9-15-7-4-6-14-8-5-10-19-16(14)15/h4-8,10,12H,3,9,11H2,1-2H3,(H,18,20). The van der Waals surface area contributed by atoms with E-state index in [-0.39, 0.29) is 0 Å². The van der Waals surface area contributed by atoms with Gasteiger partial charge in [0, 0.05) is 30.9 Å². The number of anilines is 1. The monoisotopic (exact) mass is 280 g/mol. The lowest BCUT2D eigenvalue weighted by molar-refractivity contribution is 0.702. The van der Waals surface area contributed by atoms with E-state index in [1.54, 1.807) is 0 Å². The second kappa shape index (κ2) is 5.95. The molecule has 1 aromatic carbocycles. The van der Waals surface area contributed by atoms with E-state index in [0.717, 1.165) is 36.7 Å². The van der Waals surface area contributed by atoms with E-state index < -0.39 is 0 Å². The predicted octanol–water partition coefficient (Wildman–Crippen LogP) is 3.41. The van der Waals surface area contributed by atoms with Crippen LogP contribution in [0.1, 0.15) is 18.2 Å². The van der Waals surface area contributed by atoms with Crippen molar-refractivity contribution in [3.05, 3.63) is 54.0 Å². The summed E-state index contributed by atoms with van der Waals surface area (Å²) >= 11 is 0. The number of para-hydroxylation sites is 1. The molecule has 3 aromatic rings. The first-order valence-electron chi connectivity index (χ1n) is 7.38. The van der Waals surface area contributed by atoms with Crippen LogP contribution in [0.5, 0.6) is 0 Å². The molecule has 2 aromatic heterocycles. The van der Waals surface area contributed by atoms with Gasteiger partial charge in [-0.2, -0.15) is 0 Å². The highest BCUT2D eigenvalue weighted by Crippen LogP contribution is 2.18. The zero-order chi connectivity index (χ0) is 14.7. The van der Waals surface area contributed by atoms with Crippen LogP contribution in [0.25, 0.3) is 10.9 Å². The summed E-state index contributed by atoms with van der Waals surface area (Å²) in [6, 6.07) is 10.5. The summed E-state index contributed by atoms with van der Waals surface area (Å²) in [6.45, 7) is 5.89. The summed E-state index contributed by atoms with van der Waals surface area (Å²) in [5.74, 6) is 0.947. The number of nitrogens with one attached hydrogen (secondary N) is 1. The fourth-order valence-electron chi connectivity index (χ4n) is 2.63. The van der Waals surface area contributed by atoms with E-state index >= 15 is 0 Å². The minimum absolute atomic E-state index is 0.881. The molecule has 0 saturated heterocycles. The zero-order valence-electron chi connectivity index (χ0n) is 12.5. The summed E-state index contributed by atoms with van der Waals surface area (Å²) in [7, 11) is 0. The summed E-state index contributed by atoms with van der Waals surface area (Å²) in [5.41, 5.74) is 3.42. The highest BCUT2D eigenvalue weighted by atomic mass is 15.2. The van der Waals surface area contributed by atoms with Gasteiger partial charge in [-0.05, 0) is 31.9 Å². The summed E-state index contributed by atoms with van der Waals surface area (Å²) in [6.07, 6.45) is 4.90. The van der Waals surface area contributed by atoms with Gasteiger partial charge >= 0.3 is 0 Å². The van der Waals surface area contributed by atoms with Crippen LogP contribution < -0.4 is 5.32 Å². The van der Waals surface area contributed by atoms with Crippen molar-refractivity contribution >= 4 is 16.9 Å². The Morgan fingerprint density at radius 1 is 1.19 bits per heavy atom. The lowest BCUT2D eigenvalue weighted by Gasteiger charge is -2.09. The third kappa shape index (κ3) is 2.89. The minimum atomic E-state index is 0.881. The van der Waals surface area contributed by atoms with Crippen molar-refractivity contribution in [2.24, 2.45) is 0 Å². The van der Waals surface area contributed by atoms with Gasteiger partial charge in [0.15, 0.2) is 0 Å². The summed E-state index contributed by atoms with van der Waals surface area (Å²) in [5, 5.41) is 4.50. The fraction of sp³-hybridized carbons (Fsp3) is 0.294. The van der Waals surface area contributed by atoms with Gasteiger partial charge in [0.1, 0.15) is 0 Å². The van der Waals surface area contributed by atoms with Crippen molar-refractivity contribution in [3.8, 4) is 0 Å². The van der Waals surface area contributed by atoms with Crippen molar-refractivity contribution in [2.75, 3.05) is 11.9 Å². The fourth-order valence-corrected chi connectivity index (χ4v) is 2.63. The zero-order valence-corrected chi connectivity index (χ0v) is 12.5. The lowest BCUT2D eigenvalue weighted by Crippen LogP contribution is -2.08. The number of aryl methyl sites for hydroxylation is 3. The third-order valence-corrected chi connectivity index (χ3v) is 3.57. The normalized spacial score (nSPS) is 11.0. The predicted molar refractivity (Wildman–Crippen MR) is 86.6 cm³/mol. The summed E-state index contributed by atoms with van der Waals surface area (Å²) < 4.78 is 2.18. The molecule has 3 rings (SSSR count). The molecule has 21 heavy (non-hydrogen) atoms. The van der Waals surface area contributed by atoms with E-state index in [1.165, 1.54) is 10.9 Å². The number of hydrogen-bond acceptors (Lipinski definition) is 3. The second-order valence-electron chi connectivity index (χ2n) is 5.17. The molecule has 108 valence electrons. The number of pyridine rings is 1. The molecule has 0 aliphatic rings. The van der Waals surface area contributed by atoms with E-state index in [4.69, 9.17) is 0 Å². The SMILES string of the molecule is CCNc1nc(C)cn1CCc1cccc2cccnc12. The van der Waals surface area contributed by atoms with E-state index in [0.29, 0.717) is 0 Å². The molecule has 4 nitrogen and oxygen atoms in total. The minimum Gasteiger partial charge on any atom is -0.356 e. The first-order chi connectivity index (χ1) is 10.3. The van der Waals surface area contributed by atoms with Gasteiger partial charge in [-0.15, -0.1) is 0 Å². The van der Waals surface area contributed by atoms with Gasteiger partial charge in [-0.1, -0.05) is 24.3 Å². The van der Waals surface area contributed by atoms with Gasteiger partial charge in [-0.25, -0.2) is 4.98 Å². The molecule has 1 N–H and O–H groups in total. The van der Waals surface area contributed by atoms with Crippen molar-refractivity contribution in [1.82, 2.24) is 14.5 Å². The lowest BCUT2D eigenvalue weighted by atomic mass is 10.1. The number of nitrogens with zero attached hydrogens (tertiary/aromatic N) is 3. The molecule has 0 saturated carbocycles. The Bertz CT molecular complexity index is 740. The first-order valence-corrected chi connectivity index (χ1v) is 7.38. The highest BCUT2D eigenvalue weighted by Gasteiger charge is 2.06. The number of aromatic nitrogens is 3. The number of hydrogen-bond donors (Lipinski definition) is 1.